The molecule has 94 valence electrons. The number of rotatable bonds is 3. The molecule has 18 heavy (non-hydrogen) atoms. The van der Waals surface area contributed by atoms with Crippen molar-refractivity contribution in [1.82, 2.24) is 0 Å². The average Bonchev–Trinajstić information content (AvgIpc) is 2.34. The highest BCUT2D eigenvalue weighted by Gasteiger charge is 2.06. The molecule has 0 bridgehead atoms. The van der Waals surface area contributed by atoms with E-state index in [9.17, 15) is 13.2 Å². The van der Waals surface area contributed by atoms with Crippen LogP contribution in [0.2, 0.25) is 5.02 Å². The van der Waals surface area contributed by atoms with Crippen molar-refractivity contribution >= 4 is 17.3 Å². The first-order chi connectivity index (χ1) is 8.56. The van der Waals surface area contributed by atoms with Gasteiger partial charge in [-0.25, -0.2) is 13.2 Å². The summed E-state index contributed by atoms with van der Waals surface area (Å²) in [7, 11) is 0. The predicted molar refractivity (Wildman–Crippen MR) is 65.1 cm³/mol. The molecule has 0 heterocycles. The monoisotopic (exact) mass is 271 g/mol. The highest BCUT2D eigenvalue weighted by Crippen LogP contribution is 2.19. The van der Waals surface area contributed by atoms with E-state index in [1.807, 2.05) is 0 Å². The lowest BCUT2D eigenvalue weighted by atomic mass is 10.2. The van der Waals surface area contributed by atoms with Crippen LogP contribution in [-0.2, 0) is 6.54 Å². The van der Waals surface area contributed by atoms with E-state index in [4.69, 9.17) is 11.6 Å². The number of nitrogens with one attached hydrogen (secondary N) is 1. The molecule has 0 aliphatic carbocycles. The molecular formula is C13H9ClF3N. The van der Waals surface area contributed by atoms with Gasteiger partial charge in [-0.2, -0.15) is 0 Å². The van der Waals surface area contributed by atoms with Gasteiger partial charge in [0.25, 0.3) is 0 Å². The Balaban J connectivity index is 2.16. The van der Waals surface area contributed by atoms with Gasteiger partial charge in [-0.1, -0.05) is 11.6 Å². The lowest BCUT2D eigenvalue weighted by Gasteiger charge is -2.09. The summed E-state index contributed by atoms with van der Waals surface area (Å²) in [5.41, 5.74) is 0.264. The summed E-state index contributed by atoms with van der Waals surface area (Å²) in [6.45, 7) is 0.0206. The lowest BCUT2D eigenvalue weighted by Crippen LogP contribution is -2.03. The quantitative estimate of drug-likeness (QED) is 0.874. The van der Waals surface area contributed by atoms with Gasteiger partial charge in [0.1, 0.15) is 17.5 Å². The first kappa shape index (κ1) is 12.8. The van der Waals surface area contributed by atoms with Gasteiger partial charge in [0.2, 0.25) is 0 Å². The van der Waals surface area contributed by atoms with E-state index in [1.54, 1.807) is 0 Å². The fraction of sp³-hybridized carbons (Fsp3) is 0.0769. The fourth-order valence-electron chi connectivity index (χ4n) is 1.50. The van der Waals surface area contributed by atoms with Crippen molar-refractivity contribution in [3.63, 3.8) is 0 Å². The van der Waals surface area contributed by atoms with E-state index in [2.05, 4.69) is 5.32 Å². The van der Waals surface area contributed by atoms with Crippen LogP contribution in [0.25, 0.3) is 0 Å². The summed E-state index contributed by atoms with van der Waals surface area (Å²) in [6.07, 6.45) is 0. The maximum absolute atomic E-state index is 13.4. The molecule has 0 spiro atoms. The second-order valence-electron chi connectivity index (χ2n) is 3.71. The van der Waals surface area contributed by atoms with Crippen molar-refractivity contribution in [1.29, 1.82) is 0 Å². The minimum absolute atomic E-state index is 0.0191. The van der Waals surface area contributed by atoms with Gasteiger partial charge < -0.3 is 5.32 Å². The van der Waals surface area contributed by atoms with Gasteiger partial charge in [0.15, 0.2) is 0 Å². The second-order valence-corrected chi connectivity index (χ2v) is 4.15. The average molecular weight is 272 g/mol. The van der Waals surface area contributed by atoms with Gasteiger partial charge in [-0.3, -0.25) is 0 Å². The van der Waals surface area contributed by atoms with Crippen LogP contribution in [0.15, 0.2) is 36.4 Å². The molecule has 0 atom stereocenters. The molecule has 2 rings (SSSR count). The highest BCUT2D eigenvalue weighted by molar-refractivity contribution is 6.30. The Hall–Kier alpha value is -1.68. The summed E-state index contributed by atoms with van der Waals surface area (Å²) in [5, 5.41) is 3.01. The van der Waals surface area contributed by atoms with Gasteiger partial charge in [0.05, 0.1) is 5.69 Å². The maximum Gasteiger partial charge on any atom is 0.146 e. The molecule has 0 aliphatic heterocycles. The summed E-state index contributed by atoms with van der Waals surface area (Å²) in [6, 6.07) is 7.11. The third kappa shape index (κ3) is 2.96. The Morgan fingerprint density at radius 2 is 1.67 bits per heavy atom. The molecule has 0 aromatic heterocycles. The van der Waals surface area contributed by atoms with Crippen LogP contribution in [-0.4, -0.2) is 0 Å². The highest BCUT2D eigenvalue weighted by atomic mass is 35.5. The van der Waals surface area contributed by atoms with Crippen LogP contribution in [0.5, 0.6) is 0 Å². The van der Waals surface area contributed by atoms with Crippen LogP contribution in [0.3, 0.4) is 0 Å². The fourth-order valence-corrected chi connectivity index (χ4v) is 1.70. The molecule has 5 heteroatoms. The lowest BCUT2D eigenvalue weighted by molar-refractivity contribution is 0.599. The Bertz CT molecular complexity index is 521. The van der Waals surface area contributed by atoms with E-state index in [1.165, 1.54) is 18.2 Å². The molecule has 2 aromatic carbocycles. The molecule has 0 unspecified atom stereocenters. The van der Waals surface area contributed by atoms with Gasteiger partial charge in [-0.05, 0) is 36.4 Å². The normalized spacial score (nSPS) is 10.4. The molecule has 1 N–H and O–H groups in total. The molecule has 0 saturated carbocycles. The van der Waals surface area contributed by atoms with Crippen molar-refractivity contribution in [2.75, 3.05) is 5.32 Å². The molecule has 0 radical (unpaired) electrons. The van der Waals surface area contributed by atoms with Crippen LogP contribution >= 0.6 is 11.6 Å². The smallest absolute Gasteiger partial charge is 0.146 e. The van der Waals surface area contributed by atoms with Crippen molar-refractivity contribution < 1.29 is 13.2 Å². The summed E-state index contributed by atoms with van der Waals surface area (Å²) >= 11 is 5.73. The predicted octanol–water partition coefficient (Wildman–Crippen LogP) is 4.37. The Morgan fingerprint density at radius 3 is 2.44 bits per heavy atom. The standard InChI is InChI=1S/C13H9ClF3N/c14-9-1-3-11(16)8(5-9)7-18-13-6-10(15)2-4-12(13)17/h1-6,18H,7H2. The molecule has 0 fully saturated rings. The zero-order chi connectivity index (χ0) is 13.1. The third-order valence-corrected chi connectivity index (χ3v) is 2.64. The summed E-state index contributed by atoms with van der Waals surface area (Å²) in [5.74, 6) is -1.62. The molecule has 2 aromatic rings. The van der Waals surface area contributed by atoms with Crippen LogP contribution in [0.1, 0.15) is 5.56 Å². The molecule has 0 amide bonds. The van der Waals surface area contributed by atoms with E-state index in [0.717, 1.165) is 18.2 Å². The minimum Gasteiger partial charge on any atom is -0.378 e. The van der Waals surface area contributed by atoms with Gasteiger partial charge in [0, 0.05) is 17.1 Å². The van der Waals surface area contributed by atoms with Gasteiger partial charge >= 0.3 is 0 Å². The van der Waals surface area contributed by atoms with Crippen molar-refractivity contribution in [3.05, 3.63) is 64.4 Å². The Morgan fingerprint density at radius 1 is 0.944 bits per heavy atom. The topological polar surface area (TPSA) is 12.0 Å². The Kier molecular flexibility index (Phi) is 3.77. The zero-order valence-corrected chi connectivity index (χ0v) is 9.94. The maximum atomic E-state index is 13.4. The van der Waals surface area contributed by atoms with E-state index in [-0.39, 0.29) is 17.8 Å². The zero-order valence-electron chi connectivity index (χ0n) is 9.18. The largest absolute Gasteiger partial charge is 0.378 e. The van der Waals surface area contributed by atoms with Crippen LogP contribution < -0.4 is 5.32 Å². The van der Waals surface area contributed by atoms with E-state index < -0.39 is 17.5 Å². The number of hydrogen-bond acceptors (Lipinski definition) is 1. The SMILES string of the molecule is Fc1ccc(F)c(NCc2cc(Cl)ccc2F)c1. The first-order valence-corrected chi connectivity index (χ1v) is 5.57. The number of benzene rings is 2. The van der Waals surface area contributed by atoms with Crippen molar-refractivity contribution in [3.8, 4) is 0 Å². The van der Waals surface area contributed by atoms with E-state index in [0.29, 0.717) is 5.02 Å². The second kappa shape index (κ2) is 5.31. The Labute approximate surface area is 107 Å². The molecule has 0 saturated heterocycles. The number of halogens is 4. The molecule has 1 nitrogen and oxygen atoms in total. The van der Waals surface area contributed by atoms with Crippen LogP contribution in [0.4, 0.5) is 18.9 Å². The van der Waals surface area contributed by atoms with Crippen LogP contribution in [0, 0.1) is 17.5 Å². The minimum atomic E-state index is -0.598. The summed E-state index contributed by atoms with van der Waals surface area (Å²) in [4.78, 5) is 0. The van der Waals surface area contributed by atoms with E-state index >= 15 is 0 Å². The number of hydrogen-bond donors (Lipinski definition) is 1. The summed E-state index contributed by atoms with van der Waals surface area (Å²) < 4.78 is 39.6. The van der Waals surface area contributed by atoms with Crippen molar-refractivity contribution in [2.24, 2.45) is 0 Å². The third-order valence-electron chi connectivity index (χ3n) is 2.41. The first-order valence-electron chi connectivity index (χ1n) is 5.19. The van der Waals surface area contributed by atoms with Crippen molar-refractivity contribution in [2.45, 2.75) is 6.54 Å². The van der Waals surface area contributed by atoms with Gasteiger partial charge in [-0.15, -0.1) is 0 Å². The number of anilines is 1. The molecule has 0 aliphatic rings. The molecular weight excluding hydrogens is 263 g/mol.